The average molecular weight is 288 g/mol. The summed E-state index contributed by atoms with van der Waals surface area (Å²) in [4.78, 5) is 2.15. The SMILES string of the molecule is CCNCc1cc(CN(C)c2cccc(OC)c2)oc1C. The van der Waals surface area contributed by atoms with E-state index in [-0.39, 0.29) is 0 Å². The van der Waals surface area contributed by atoms with E-state index in [9.17, 15) is 0 Å². The van der Waals surface area contributed by atoms with Crippen LogP contribution in [0.5, 0.6) is 5.75 Å². The molecule has 114 valence electrons. The number of methoxy groups -OCH3 is 1. The van der Waals surface area contributed by atoms with Crippen molar-refractivity contribution in [1.82, 2.24) is 5.32 Å². The van der Waals surface area contributed by atoms with E-state index in [1.54, 1.807) is 7.11 Å². The fourth-order valence-corrected chi connectivity index (χ4v) is 2.27. The molecule has 1 heterocycles. The molecule has 0 amide bonds. The maximum absolute atomic E-state index is 5.85. The Kier molecular flexibility index (Phi) is 5.28. The first kappa shape index (κ1) is 15.4. The molecule has 2 aromatic rings. The molecule has 1 aromatic carbocycles. The molecule has 1 aromatic heterocycles. The van der Waals surface area contributed by atoms with Crippen LogP contribution in [0.15, 0.2) is 34.7 Å². The van der Waals surface area contributed by atoms with Crippen LogP contribution in [0.4, 0.5) is 5.69 Å². The summed E-state index contributed by atoms with van der Waals surface area (Å²) < 4.78 is 11.1. The maximum atomic E-state index is 5.85. The molecule has 1 N–H and O–H groups in total. The minimum Gasteiger partial charge on any atom is -0.497 e. The van der Waals surface area contributed by atoms with Crippen LogP contribution in [-0.4, -0.2) is 20.7 Å². The number of nitrogens with zero attached hydrogens (tertiary/aromatic N) is 1. The van der Waals surface area contributed by atoms with E-state index in [4.69, 9.17) is 9.15 Å². The van der Waals surface area contributed by atoms with Crippen molar-refractivity contribution < 1.29 is 9.15 Å². The summed E-state index contributed by atoms with van der Waals surface area (Å²) in [7, 11) is 3.73. The molecule has 0 aliphatic rings. The predicted molar refractivity (Wildman–Crippen MR) is 85.9 cm³/mol. The van der Waals surface area contributed by atoms with Gasteiger partial charge in [0.15, 0.2) is 0 Å². The Morgan fingerprint density at radius 3 is 2.81 bits per heavy atom. The van der Waals surface area contributed by atoms with Crippen molar-refractivity contribution >= 4 is 5.69 Å². The van der Waals surface area contributed by atoms with Gasteiger partial charge in [-0.05, 0) is 31.7 Å². The molecule has 4 nitrogen and oxygen atoms in total. The molecule has 0 atom stereocenters. The summed E-state index contributed by atoms with van der Waals surface area (Å²) >= 11 is 0. The van der Waals surface area contributed by atoms with Crippen LogP contribution < -0.4 is 15.0 Å². The Balaban J connectivity index is 2.06. The fraction of sp³-hybridized carbons (Fsp3) is 0.412. The largest absolute Gasteiger partial charge is 0.497 e. The number of anilines is 1. The monoisotopic (exact) mass is 288 g/mol. The summed E-state index contributed by atoms with van der Waals surface area (Å²) in [6.45, 7) is 6.67. The minimum atomic E-state index is 0.736. The Bertz CT molecular complexity index is 578. The first-order valence-corrected chi connectivity index (χ1v) is 7.28. The lowest BCUT2D eigenvalue weighted by atomic mass is 10.2. The van der Waals surface area contributed by atoms with E-state index >= 15 is 0 Å². The van der Waals surface area contributed by atoms with Crippen molar-refractivity contribution in [3.63, 3.8) is 0 Å². The van der Waals surface area contributed by atoms with Gasteiger partial charge in [-0.2, -0.15) is 0 Å². The van der Waals surface area contributed by atoms with Crippen LogP contribution >= 0.6 is 0 Å². The number of hydrogen-bond acceptors (Lipinski definition) is 4. The van der Waals surface area contributed by atoms with Gasteiger partial charge in [0.05, 0.1) is 13.7 Å². The Morgan fingerprint density at radius 1 is 1.29 bits per heavy atom. The number of nitrogens with one attached hydrogen (secondary N) is 1. The van der Waals surface area contributed by atoms with E-state index < -0.39 is 0 Å². The van der Waals surface area contributed by atoms with Crippen LogP contribution in [0.25, 0.3) is 0 Å². The van der Waals surface area contributed by atoms with Crippen LogP contribution in [0.2, 0.25) is 0 Å². The number of benzene rings is 1. The van der Waals surface area contributed by atoms with E-state index in [0.29, 0.717) is 0 Å². The second-order valence-corrected chi connectivity index (χ2v) is 5.13. The molecular weight excluding hydrogens is 264 g/mol. The standard InChI is InChI=1S/C17H24N2O2/c1-5-18-11-14-9-17(21-13(14)2)12-19(3)15-7-6-8-16(10-15)20-4/h6-10,18H,5,11-12H2,1-4H3. The first-order valence-electron chi connectivity index (χ1n) is 7.28. The second kappa shape index (κ2) is 7.18. The molecule has 21 heavy (non-hydrogen) atoms. The van der Waals surface area contributed by atoms with Crippen LogP contribution in [0.3, 0.4) is 0 Å². The second-order valence-electron chi connectivity index (χ2n) is 5.13. The molecule has 0 bridgehead atoms. The van der Waals surface area contributed by atoms with Gasteiger partial charge in [-0.1, -0.05) is 13.0 Å². The number of hydrogen-bond donors (Lipinski definition) is 1. The van der Waals surface area contributed by atoms with Gasteiger partial charge in [0, 0.05) is 30.9 Å². The Morgan fingerprint density at radius 2 is 2.10 bits per heavy atom. The van der Waals surface area contributed by atoms with Crippen LogP contribution in [-0.2, 0) is 13.1 Å². The fourth-order valence-electron chi connectivity index (χ4n) is 2.27. The Hall–Kier alpha value is -1.94. The van der Waals surface area contributed by atoms with Crippen LogP contribution in [0, 0.1) is 6.92 Å². The highest BCUT2D eigenvalue weighted by atomic mass is 16.5. The summed E-state index contributed by atoms with van der Waals surface area (Å²) in [6, 6.07) is 10.2. The number of furan rings is 1. The molecule has 0 radical (unpaired) electrons. The quantitative estimate of drug-likeness (QED) is 0.848. The zero-order valence-electron chi connectivity index (χ0n) is 13.3. The zero-order valence-corrected chi connectivity index (χ0v) is 13.3. The van der Waals surface area contributed by atoms with Gasteiger partial charge in [-0.3, -0.25) is 0 Å². The molecule has 2 rings (SSSR count). The molecule has 0 spiro atoms. The summed E-state index contributed by atoms with van der Waals surface area (Å²) in [5.74, 6) is 2.83. The van der Waals surface area contributed by atoms with Gasteiger partial charge in [-0.25, -0.2) is 0 Å². The van der Waals surface area contributed by atoms with E-state index in [1.165, 1.54) is 5.56 Å². The molecule has 0 saturated carbocycles. The first-order chi connectivity index (χ1) is 10.1. The molecule has 0 saturated heterocycles. The van der Waals surface area contributed by atoms with Gasteiger partial charge in [-0.15, -0.1) is 0 Å². The molecule has 4 heteroatoms. The number of ether oxygens (including phenoxy) is 1. The third-order valence-electron chi connectivity index (χ3n) is 3.52. The maximum Gasteiger partial charge on any atom is 0.123 e. The minimum absolute atomic E-state index is 0.736. The zero-order chi connectivity index (χ0) is 15.2. The highest BCUT2D eigenvalue weighted by Crippen LogP contribution is 2.23. The molecule has 0 aliphatic heterocycles. The summed E-state index contributed by atoms with van der Waals surface area (Å²) in [6.07, 6.45) is 0. The van der Waals surface area contributed by atoms with Crippen molar-refractivity contribution in [3.05, 3.63) is 47.4 Å². The van der Waals surface area contributed by atoms with Gasteiger partial charge < -0.3 is 19.4 Å². The highest BCUT2D eigenvalue weighted by molar-refractivity contribution is 5.50. The third kappa shape index (κ3) is 4.02. The lowest BCUT2D eigenvalue weighted by Gasteiger charge is -2.18. The van der Waals surface area contributed by atoms with E-state index in [0.717, 1.165) is 42.6 Å². The molecular formula is C17H24N2O2. The highest BCUT2D eigenvalue weighted by Gasteiger charge is 2.10. The lowest BCUT2D eigenvalue weighted by Crippen LogP contribution is -2.16. The van der Waals surface area contributed by atoms with Crippen molar-refractivity contribution in [2.75, 3.05) is 25.6 Å². The lowest BCUT2D eigenvalue weighted by molar-refractivity contribution is 0.414. The van der Waals surface area contributed by atoms with Crippen LogP contribution in [0.1, 0.15) is 24.0 Å². The summed E-state index contributed by atoms with van der Waals surface area (Å²) in [5.41, 5.74) is 2.34. The topological polar surface area (TPSA) is 37.6 Å². The van der Waals surface area contributed by atoms with Gasteiger partial charge in [0.1, 0.15) is 17.3 Å². The van der Waals surface area contributed by atoms with Gasteiger partial charge in [0.2, 0.25) is 0 Å². The van der Waals surface area contributed by atoms with E-state index in [2.05, 4.69) is 36.3 Å². The van der Waals surface area contributed by atoms with Gasteiger partial charge >= 0.3 is 0 Å². The normalized spacial score (nSPS) is 10.7. The average Bonchev–Trinajstić information content (AvgIpc) is 2.84. The predicted octanol–water partition coefficient (Wildman–Crippen LogP) is 3.34. The van der Waals surface area contributed by atoms with Crippen molar-refractivity contribution in [1.29, 1.82) is 0 Å². The molecule has 0 fully saturated rings. The van der Waals surface area contributed by atoms with Crippen molar-refractivity contribution in [3.8, 4) is 5.75 Å². The number of aryl methyl sites for hydroxylation is 1. The molecule has 0 unspecified atom stereocenters. The van der Waals surface area contributed by atoms with Crippen molar-refractivity contribution in [2.24, 2.45) is 0 Å². The smallest absolute Gasteiger partial charge is 0.123 e. The Labute approximate surface area is 126 Å². The van der Waals surface area contributed by atoms with Crippen molar-refractivity contribution in [2.45, 2.75) is 26.9 Å². The molecule has 0 aliphatic carbocycles. The third-order valence-corrected chi connectivity index (χ3v) is 3.52. The van der Waals surface area contributed by atoms with E-state index in [1.807, 2.05) is 25.1 Å². The van der Waals surface area contributed by atoms with Gasteiger partial charge in [0.25, 0.3) is 0 Å². The summed E-state index contributed by atoms with van der Waals surface area (Å²) in [5, 5.41) is 3.33. The number of rotatable bonds is 7.